The topological polar surface area (TPSA) is 63.4 Å². The lowest BCUT2D eigenvalue weighted by molar-refractivity contribution is -0.00919. The van der Waals surface area contributed by atoms with Gasteiger partial charge in [-0.2, -0.15) is 0 Å². The molecule has 1 aromatic heterocycles. The van der Waals surface area contributed by atoms with Gasteiger partial charge < -0.3 is 9.84 Å². The SMILES string of the molecule is Cn1cc(CN2CCC(OCCO)CC2)nn1. The number of aromatic nitrogens is 3. The number of rotatable bonds is 5. The molecule has 1 aliphatic rings. The maximum absolute atomic E-state index is 8.69. The van der Waals surface area contributed by atoms with E-state index in [1.807, 2.05) is 13.2 Å². The van der Waals surface area contributed by atoms with Crippen molar-refractivity contribution in [3.05, 3.63) is 11.9 Å². The molecule has 2 rings (SSSR count). The Morgan fingerprint density at radius 3 is 2.82 bits per heavy atom. The number of aryl methyl sites for hydroxylation is 1. The van der Waals surface area contributed by atoms with Crippen LogP contribution in [-0.4, -0.2) is 57.4 Å². The van der Waals surface area contributed by atoms with Crippen molar-refractivity contribution < 1.29 is 9.84 Å². The second kappa shape index (κ2) is 6.09. The van der Waals surface area contributed by atoms with Crippen molar-refractivity contribution in [1.82, 2.24) is 19.9 Å². The van der Waals surface area contributed by atoms with E-state index in [0.29, 0.717) is 12.7 Å². The largest absolute Gasteiger partial charge is 0.394 e. The summed E-state index contributed by atoms with van der Waals surface area (Å²) in [6.07, 6.45) is 4.31. The van der Waals surface area contributed by atoms with Crippen LogP contribution in [-0.2, 0) is 18.3 Å². The van der Waals surface area contributed by atoms with Gasteiger partial charge in [0.2, 0.25) is 0 Å². The third kappa shape index (κ3) is 3.76. The van der Waals surface area contributed by atoms with Gasteiger partial charge in [0.1, 0.15) is 0 Å². The number of aliphatic hydroxyl groups excluding tert-OH is 1. The number of aliphatic hydroxyl groups is 1. The van der Waals surface area contributed by atoms with E-state index in [1.54, 1.807) is 4.68 Å². The predicted octanol–water partition coefficient (Wildman–Crippen LogP) is -0.212. The smallest absolute Gasteiger partial charge is 0.0967 e. The second-order valence-electron chi connectivity index (χ2n) is 4.45. The zero-order valence-corrected chi connectivity index (χ0v) is 10.2. The van der Waals surface area contributed by atoms with Crippen LogP contribution in [0.15, 0.2) is 6.20 Å². The van der Waals surface area contributed by atoms with Gasteiger partial charge in [-0.05, 0) is 12.8 Å². The van der Waals surface area contributed by atoms with Crippen LogP contribution in [0.3, 0.4) is 0 Å². The van der Waals surface area contributed by atoms with Gasteiger partial charge in [-0.1, -0.05) is 5.21 Å². The Bertz CT molecular complexity index is 334. The lowest BCUT2D eigenvalue weighted by Gasteiger charge is -2.31. The number of hydrogen-bond acceptors (Lipinski definition) is 5. The number of piperidine rings is 1. The molecular formula is C11H20N4O2. The monoisotopic (exact) mass is 240 g/mol. The number of likely N-dealkylation sites (tertiary alicyclic amines) is 1. The van der Waals surface area contributed by atoms with Crippen LogP contribution in [0, 0.1) is 0 Å². The number of nitrogens with zero attached hydrogens (tertiary/aromatic N) is 4. The molecule has 0 atom stereocenters. The molecule has 0 aliphatic carbocycles. The highest BCUT2D eigenvalue weighted by Gasteiger charge is 2.20. The number of hydrogen-bond donors (Lipinski definition) is 1. The normalized spacial score (nSPS) is 18.7. The summed E-state index contributed by atoms with van der Waals surface area (Å²) < 4.78 is 7.25. The molecule has 1 aromatic rings. The molecule has 1 aliphatic heterocycles. The van der Waals surface area contributed by atoms with E-state index in [1.165, 1.54) is 0 Å². The summed E-state index contributed by atoms with van der Waals surface area (Å²) in [6.45, 7) is 3.47. The lowest BCUT2D eigenvalue weighted by Crippen LogP contribution is -2.37. The van der Waals surface area contributed by atoms with Crippen molar-refractivity contribution in [2.24, 2.45) is 7.05 Å². The van der Waals surface area contributed by atoms with Gasteiger partial charge in [-0.15, -0.1) is 5.10 Å². The molecule has 0 radical (unpaired) electrons. The molecule has 0 amide bonds. The Kier molecular flexibility index (Phi) is 4.47. The fourth-order valence-corrected chi connectivity index (χ4v) is 2.15. The lowest BCUT2D eigenvalue weighted by atomic mass is 10.1. The first-order chi connectivity index (χ1) is 8.28. The highest BCUT2D eigenvalue weighted by molar-refractivity contribution is 4.92. The molecule has 0 unspecified atom stereocenters. The van der Waals surface area contributed by atoms with Crippen molar-refractivity contribution in [3.63, 3.8) is 0 Å². The summed E-state index contributed by atoms with van der Waals surface area (Å²) >= 11 is 0. The first-order valence-electron chi connectivity index (χ1n) is 6.08. The highest BCUT2D eigenvalue weighted by atomic mass is 16.5. The van der Waals surface area contributed by atoms with Gasteiger partial charge in [-0.25, -0.2) is 0 Å². The summed E-state index contributed by atoms with van der Waals surface area (Å²) in [5, 5.41) is 16.7. The molecule has 17 heavy (non-hydrogen) atoms. The fraction of sp³-hybridized carbons (Fsp3) is 0.818. The van der Waals surface area contributed by atoms with Crippen LogP contribution in [0.25, 0.3) is 0 Å². The van der Waals surface area contributed by atoms with E-state index >= 15 is 0 Å². The molecular weight excluding hydrogens is 220 g/mol. The third-order valence-electron chi connectivity index (χ3n) is 3.02. The third-order valence-corrected chi connectivity index (χ3v) is 3.02. The minimum absolute atomic E-state index is 0.111. The fourth-order valence-electron chi connectivity index (χ4n) is 2.15. The zero-order valence-electron chi connectivity index (χ0n) is 10.2. The molecule has 96 valence electrons. The van der Waals surface area contributed by atoms with E-state index in [0.717, 1.165) is 38.2 Å². The first kappa shape index (κ1) is 12.5. The van der Waals surface area contributed by atoms with Crippen molar-refractivity contribution in [2.75, 3.05) is 26.3 Å². The van der Waals surface area contributed by atoms with Gasteiger partial charge in [0.05, 0.1) is 25.0 Å². The quantitative estimate of drug-likeness (QED) is 0.771. The van der Waals surface area contributed by atoms with E-state index < -0.39 is 0 Å². The molecule has 1 fully saturated rings. The van der Waals surface area contributed by atoms with Crippen molar-refractivity contribution in [2.45, 2.75) is 25.5 Å². The molecule has 6 nitrogen and oxygen atoms in total. The summed E-state index contributed by atoms with van der Waals surface area (Å²) in [5.74, 6) is 0. The van der Waals surface area contributed by atoms with Crippen molar-refractivity contribution in [1.29, 1.82) is 0 Å². The summed E-state index contributed by atoms with van der Waals surface area (Å²) in [4.78, 5) is 2.36. The van der Waals surface area contributed by atoms with Crippen LogP contribution < -0.4 is 0 Å². The maximum atomic E-state index is 8.69. The van der Waals surface area contributed by atoms with Crippen LogP contribution in [0.2, 0.25) is 0 Å². The second-order valence-corrected chi connectivity index (χ2v) is 4.45. The van der Waals surface area contributed by atoms with Gasteiger partial charge in [0.15, 0.2) is 0 Å². The summed E-state index contributed by atoms with van der Waals surface area (Å²) in [7, 11) is 1.88. The Labute approximate surface area is 101 Å². The van der Waals surface area contributed by atoms with E-state index in [9.17, 15) is 0 Å². The molecule has 0 bridgehead atoms. The van der Waals surface area contributed by atoms with Crippen LogP contribution in [0.1, 0.15) is 18.5 Å². The van der Waals surface area contributed by atoms with E-state index in [4.69, 9.17) is 9.84 Å². The van der Waals surface area contributed by atoms with Crippen LogP contribution in [0.4, 0.5) is 0 Å². The molecule has 0 aromatic carbocycles. The average Bonchev–Trinajstić information content (AvgIpc) is 2.74. The van der Waals surface area contributed by atoms with Gasteiger partial charge in [-0.3, -0.25) is 9.58 Å². The average molecular weight is 240 g/mol. The first-order valence-corrected chi connectivity index (χ1v) is 6.08. The molecule has 0 spiro atoms. The van der Waals surface area contributed by atoms with E-state index in [2.05, 4.69) is 15.2 Å². The summed E-state index contributed by atoms with van der Waals surface area (Å²) in [5.41, 5.74) is 1.02. The van der Waals surface area contributed by atoms with E-state index in [-0.39, 0.29) is 6.61 Å². The molecule has 1 saturated heterocycles. The predicted molar refractivity (Wildman–Crippen MR) is 62.3 cm³/mol. The zero-order chi connectivity index (χ0) is 12.1. The number of ether oxygens (including phenoxy) is 1. The van der Waals surface area contributed by atoms with Crippen molar-refractivity contribution >= 4 is 0 Å². The van der Waals surface area contributed by atoms with Gasteiger partial charge in [0.25, 0.3) is 0 Å². The maximum Gasteiger partial charge on any atom is 0.0967 e. The van der Waals surface area contributed by atoms with Crippen molar-refractivity contribution in [3.8, 4) is 0 Å². The molecule has 1 N–H and O–H groups in total. The Hall–Kier alpha value is -0.980. The highest BCUT2D eigenvalue weighted by Crippen LogP contribution is 2.15. The van der Waals surface area contributed by atoms with Gasteiger partial charge in [0, 0.05) is 32.9 Å². The minimum Gasteiger partial charge on any atom is -0.394 e. The Morgan fingerprint density at radius 1 is 1.47 bits per heavy atom. The summed E-state index contributed by atoms with van der Waals surface area (Å²) in [6, 6.07) is 0. The molecule has 0 saturated carbocycles. The Morgan fingerprint density at radius 2 is 2.24 bits per heavy atom. The Balaban J connectivity index is 1.72. The standard InChI is InChI=1S/C11H20N4O2/c1-14-8-10(12-13-14)9-15-4-2-11(3-5-15)17-7-6-16/h8,11,16H,2-7,9H2,1H3. The molecule has 2 heterocycles. The van der Waals surface area contributed by atoms with Gasteiger partial charge >= 0.3 is 0 Å². The van der Waals surface area contributed by atoms with Crippen LogP contribution >= 0.6 is 0 Å². The van der Waals surface area contributed by atoms with Crippen LogP contribution in [0.5, 0.6) is 0 Å². The molecule has 6 heteroatoms. The minimum atomic E-state index is 0.111.